The highest BCUT2D eigenvalue weighted by Gasteiger charge is 2.21. The fourth-order valence-corrected chi connectivity index (χ4v) is 2.19. The molecule has 0 bridgehead atoms. The molecule has 0 aromatic carbocycles. The molecule has 1 fully saturated rings. The highest BCUT2D eigenvalue weighted by atomic mass is 16.6. The van der Waals surface area contributed by atoms with Crippen LogP contribution in [0.25, 0.3) is 0 Å². The van der Waals surface area contributed by atoms with Crippen LogP contribution in [0.4, 0.5) is 0 Å². The van der Waals surface area contributed by atoms with E-state index in [0.717, 1.165) is 45.2 Å². The molecule has 4 nitrogen and oxygen atoms in total. The summed E-state index contributed by atoms with van der Waals surface area (Å²) in [5.74, 6) is 6.02. The average molecular weight is 228 g/mol. The number of nitrogens with zero attached hydrogens (tertiary/aromatic N) is 1. The molecule has 0 aromatic heterocycles. The standard InChI is InChI=1S/C12H24N2O2/c1-2-3-4-12(15)14-8-5-11(6-9-14)7-10-16-13/h11H,2-10,13H2,1H3. The van der Waals surface area contributed by atoms with E-state index in [0.29, 0.717) is 24.9 Å². The third kappa shape index (κ3) is 4.49. The lowest BCUT2D eigenvalue weighted by Gasteiger charge is -2.32. The number of rotatable bonds is 6. The number of unbranched alkanes of at least 4 members (excludes halogenated alkanes) is 1. The van der Waals surface area contributed by atoms with Crippen LogP contribution in [0.3, 0.4) is 0 Å². The number of hydrogen-bond acceptors (Lipinski definition) is 3. The molecule has 1 saturated heterocycles. The third-order valence-electron chi connectivity index (χ3n) is 3.36. The van der Waals surface area contributed by atoms with Crippen LogP contribution in [-0.4, -0.2) is 30.5 Å². The maximum Gasteiger partial charge on any atom is 0.222 e. The van der Waals surface area contributed by atoms with E-state index in [-0.39, 0.29) is 0 Å². The van der Waals surface area contributed by atoms with E-state index in [1.54, 1.807) is 0 Å². The summed E-state index contributed by atoms with van der Waals surface area (Å²) >= 11 is 0. The van der Waals surface area contributed by atoms with Gasteiger partial charge in [0.1, 0.15) is 0 Å². The molecule has 0 radical (unpaired) electrons. The van der Waals surface area contributed by atoms with Gasteiger partial charge in [-0.15, -0.1) is 0 Å². The Morgan fingerprint density at radius 3 is 2.69 bits per heavy atom. The lowest BCUT2D eigenvalue weighted by molar-refractivity contribution is -0.132. The van der Waals surface area contributed by atoms with Crippen molar-refractivity contribution < 1.29 is 9.63 Å². The van der Waals surface area contributed by atoms with E-state index in [1.165, 1.54) is 0 Å². The van der Waals surface area contributed by atoms with Gasteiger partial charge in [-0.25, -0.2) is 5.90 Å². The summed E-state index contributed by atoms with van der Waals surface area (Å²) in [6.45, 7) is 4.58. The second-order valence-electron chi connectivity index (χ2n) is 4.59. The van der Waals surface area contributed by atoms with E-state index >= 15 is 0 Å². The maximum atomic E-state index is 11.8. The molecular formula is C12H24N2O2. The number of hydrogen-bond donors (Lipinski definition) is 1. The van der Waals surface area contributed by atoms with Gasteiger partial charge in [0.15, 0.2) is 0 Å². The Labute approximate surface area is 98.1 Å². The zero-order chi connectivity index (χ0) is 11.8. The predicted molar refractivity (Wildman–Crippen MR) is 63.6 cm³/mol. The summed E-state index contributed by atoms with van der Waals surface area (Å²) in [6, 6.07) is 0. The molecule has 2 N–H and O–H groups in total. The van der Waals surface area contributed by atoms with Crippen molar-refractivity contribution in [2.24, 2.45) is 11.8 Å². The molecule has 0 aliphatic carbocycles. The van der Waals surface area contributed by atoms with Crippen LogP contribution in [0.2, 0.25) is 0 Å². The molecule has 0 saturated carbocycles. The number of amides is 1. The van der Waals surface area contributed by atoms with E-state index in [9.17, 15) is 4.79 Å². The minimum Gasteiger partial charge on any atom is -0.343 e. The molecule has 1 aliphatic heterocycles. The molecule has 0 atom stereocenters. The van der Waals surface area contributed by atoms with Crippen LogP contribution >= 0.6 is 0 Å². The van der Waals surface area contributed by atoms with Crippen molar-refractivity contribution in [2.75, 3.05) is 19.7 Å². The minimum absolute atomic E-state index is 0.329. The summed E-state index contributed by atoms with van der Waals surface area (Å²) in [6.07, 6.45) is 6.04. The average Bonchev–Trinajstić information content (AvgIpc) is 2.34. The van der Waals surface area contributed by atoms with Crippen molar-refractivity contribution in [3.05, 3.63) is 0 Å². The Hall–Kier alpha value is -0.610. The van der Waals surface area contributed by atoms with Crippen molar-refractivity contribution in [1.82, 2.24) is 4.90 Å². The van der Waals surface area contributed by atoms with E-state index in [2.05, 4.69) is 11.8 Å². The molecule has 0 aromatic rings. The van der Waals surface area contributed by atoms with Crippen molar-refractivity contribution in [3.63, 3.8) is 0 Å². The summed E-state index contributed by atoms with van der Waals surface area (Å²) in [7, 11) is 0. The number of likely N-dealkylation sites (tertiary alicyclic amines) is 1. The Morgan fingerprint density at radius 1 is 1.44 bits per heavy atom. The minimum atomic E-state index is 0.329. The van der Waals surface area contributed by atoms with E-state index < -0.39 is 0 Å². The molecule has 1 aliphatic rings. The number of carbonyl (C=O) groups excluding carboxylic acids is 1. The summed E-state index contributed by atoms with van der Waals surface area (Å²) in [5, 5.41) is 0. The fraction of sp³-hybridized carbons (Fsp3) is 0.917. The van der Waals surface area contributed by atoms with Crippen LogP contribution in [0.1, 0.15) is 45.4 Å². The first-order valence-electron chi connectivity index (χ1n) is 6.37. The summed E-state index contributed by atoms with van der Waals surface area (Å²) in [5.41, 5.74) is 0. The number of piperidine rings is 1. The van der Waals surface area contributed by atoms with Gasteiger partial charge >= 0.3 is 0 Å². The van der Waals surface area contributed by atoms with Crippen molar-refractivity contribution in [2.45, 2.75) is 45.4 Å². The Morgan fingerprint density at radius 2 is 2.12 bits per heavy atom. The Balaban J connectivity index is 2.18. The van der Waals surface area contributed by atoms with Gasteiger partial charge in [-0.05, 0) is 31.6 Å². The molecule has 1 amide bonds. The highest BCUT2D eigenvalue weighted by Crippen LogP contribution is 2.21. The quantitative estimate of drug-likeness (QED) is 0.704. The Bertz CT molecular complexity index is 201. The summed E-state index contributed by atoms with van der Waals surface area (Å²) < 4.78 is 0. The molecule has 4 heteroatoms. The zero-order valence-corrected chi connectivity index (χ0v) is 10.3. The molecule has 1 heterocycles. The number of nitrogens with two attached hydrogens (primary N) is 1. The van der Waals surface area contributed by atoms with Crippen LogP contribution < -0.4 is 5.90 Å². The van der Waals surface area contributed by atoms with Crippen LogP contribution in [0, 0.1) is 5.92 Å². The van der Waals surface area contributed by atoms with Crippen molar-refractivity contribution in [3.8, 4) is 0 Å². The molecule has 0 unspecified atom stereocenters. The molecular weight excluding hydrogens is 204 g/mol. The SMILES string of the molecule is CCCCC(=O)N1CCC(CCON)CC1. The van der Waals surface area contributed by atoms with Crippen LogP contribution in [0.15, 0.2) is 0 Å². The van der Waals surface area contributed by atoms with Gasteiger partial charge in [0, 0.05) is 19.5 Å². The normalized spacial score (nSPS) is 17.8. The third-order valence-corrected chi connectivity index (χ3v) is 3.36. The van der Waals surface area contributed by atoms with E-state index in [1.807, 2.05) is 4.90 Å². The van der Waals surface area contributed by atoms with E-state index in [4.69, 9.17) is 5.90 Å². The van der Waals surface area contributed by atoms with Gasteiger partial charge in [0.05, 0.1) is 6.61 Å². The van der Waals surface area contributed by atoms with Gasteiger partial charge in [0.2, 0.25) is 5.91 Å². The van der Waals surface area contributed by atoms with Crippen molar-refractivity contribution in [1.29, 1.82) is 0 Å². The second kappa shape index (κ2) is 7.63. The molecule has 0 spiro atoms. The van der Waals surface area contributed by atoms with Gasteiger partial charge in [-0.1, -0.05) is 13.3 Å². The van der Waals surface area contributed by atoms with Gasteiger partial charge < -0.3 is 9.74 Å². The van der Waals surface area contributed by atoms with Gasteiger partial charge in [-0.2, -0.15) is 0 Å². The second-order valence-corrected chi connectivity index (χ2v) is 4.59. The first-order chi connectivity index (χ1) is 7.77. The van der Waals surface area contributed by atoms with Crippen molar-refractivity contribution >= 4 is 5.91 Å². The molecule has 16 heavy (non-hydrogen) atoms. The summed E-state index contributed by atoms with van der Waals surface area (Å²) in [4.78, 5) is 18.4. The largest absolute Gasteiger partial charge is 0.343 e. The topological polar surface area (TPSA) is 55.6 Å². The monoisotopic (exact) mass is 228 g/mol. The smallest absolute Gasteiger partial charge is 0.222 e. The molecule has 1 rings (SSSR count). The first kappa shape index (κ1) is 13.5. The lowest BCUT2D eigenvalue weighted by Crippen LogP contribution is -2.38. The Kier molecular flexibility index (Phi) is 6.42. The maximum absolute atomic E-state index is 11.8. The zero-order valence-electron chi connectivity index (χ0n) is 10.3. The highest BCUT2D eigenvalue weighted by molar-refractivity contribution is 5.76. The van der Waals surface area contributed by atoms with Gasteiger partial charge in [0.25, 0.3) is 0 Å². The number of carbonyl (C=O) groups is 1. The lowest BCUT2D eigenvalue weighted by atomic mass is 9.94. The van der Waals surface area contributed by atoms with Crippen LogP contribution in [0.5, 0.6) is 0 Å². The van der Waals surface area contributed by atoms with Gasteiger partial charge in [-0.3, -0.25) is 4.79 Å². The molecule has 94 valence electrons. The predicted octanol–water partition coefficient (Wildman–Crippen LogP) is 1.70. The van der Waals surface area contributed by atoms with Crippen LogP contribution in [-0.2, 0) is 9.63 Å². The first-order valence-corrected chi connectivity index (χ1v) is 6.37. The fourth-order valence-electron chi connectivity index (χ4n) is 2.19.